The molecule has 3 rings (SSSR count). The molecule has 1 unspecified atom stereocenters. The van der Waals surface area contributed by atoms with Crippen LogP contribution in [-0.4, -0.2) is 54.0 Å². The lowest BCUT2D eigenvalue weighted by molar-refractivity contribution is 0.0687. The van der Waals surface area contributed by atoms with Crippen LogP contribution >= 0.6 is 0 Å². The standard InChI is InChI=1S/C14H20N6O3/c1-2-20-12(17-18-14(20)23)9-4-3-5-19(7-9)8-10-6-15-16-11(10)13(21)22/h6,9H,2-5,7-8H2,1H3,(H,15,16)(H,18,23)(H,21,22). The second kappa shape index (κ2) is 6.37. The number of likely N-dealkylation sites (tertiary alicyclic amines) is 1. The molecule has 1 saturated heterocycles. The van der Waals surface area contributed by atoms with Gasteiger partial charge in [0, 0.05) is 31.1 Å². The lowest BCUT2D eigenvalue weighted by atomic mass is 9.96. The minimum absolute atomic E-state index is 0.136. The zero-order valence-corrected chi connectivity index (χ0v) is 12.9. The van der Waals surface area contributed by atoms with E-state index in [0.717, 1.165) is 31.8 Å². The molecule has 0 spiro atoms. The van der Waals surface area contributed by atoms with E-state index in [9.17, 15) is 9.59 Å². The van der Waals surface area contributed by atoms with Crippen LogP contribution in [0.4, 0.5) is 0 Å². The molecule has 0 bridgehead atoms. The summed E-state index contributed by atoms with van der Waals surface area (Å²) >= 11 is 0. The normalized spacial score (nSPS) is 19.1. The van der Waals surface area contributed by atoms with Crippen molar-refractivity contribution >= 4 is 5.97 Å². The van der Waals surface area contributed by atoms with Crippen molar-refractivity contribution in [2.24, 2.45) is 0 Å². The van der Waals surface area contributed by atoms with Crippen molar-refractivity contribution in [3.63, 3.8) is 0 Å². The average molecular weight is 320 g/mol. The first-order valence-electron chi connectivity index (χ1n) is 7.73. The van der Waals surface area contributed by atoms with Gasteiger partial charge in [0.25, 0.3) is 0 Å². The number of hydrogen-bond acceptors (Lipinski definition) is 5. The Morgan fingerprint density at radius 2 is 2.30 bits per heavy atom. The molecule has 3 N–H and O–H groups in total. The van der Waals surface area contributed by atoms with Gasteiger partial charge in [-0.15, -0.1) is 0 Å². The molecular formula is C14H20N6O3. The first-order valence-corrected chi connectivity index (χ1v) is 7.73. The van der Waals surface area contributed by atoms with Gasteiger partial charge in [0.2, 0.25) is 0 Å². The molecule has 23 heavy (non-hydrogen) atoms. The molecule has 2 aromatic heterocycles. The van der Waals surface area contributed by atoms with E-state index in [4.69, 9.17) is 5.11 Å². The summed E-state index contributed by atoms with van der Waals surface area (Å²) in [5.74, 6) is -0.0473. The van der Waals surface area contributed by atoms with Gasteiger partial charge < -0.3 is 5.11 Å². The summed E-state index contributed by atoms with van der Waals surface area (Å²) in [6.45, 7) is 4.67. The van der Waals surface area contributed by atoms with Gasteiger partial charge in [-0.05, 0) is 26.3 Å². The number of carboxylic acids is 1. The van der Waals surface area contributed by atoms with E-state index in [1.807, 2.05) is 6.92 Å². The van der Waals surface area contributed by atoms with Crippen molar-refractivity contribution in [3.05, 3.63) is 33.8 Å². The van der Waals surface area contributed by atoms with E-state index in [-0.39, 0.29) is 17.3 Å². The molecule has 0 radical (unpaired) electrons. The summed E-state index contributed by atoms with van der Waals surface area (Å²) in [4.78, 5) is 25.1. The number of H-pyrrole nitrogens is 2. The van der Waals surface area contributed by atoms with Crippen LogP contribution in [-0.2, 0) is 13.1 Å². The number of nitrogens with one attached hydrogen (secondary N) is 2. The van der Waals surface area contributed by atoms with Crippen molar-refractivity contribution in [3.8, 4) is 0 Å². The zero-order valence-electron chi connectivity index (χ0n) is 12.9. The van der Waals surface area contributed by atoms with Gasteiger partial charge >= 0.3 is 11.7 Å². The Morgan fingerprint density at radius 3 is 3.04 bits per heavy atom. The van der Waals surface area contributed by atoms with Crippen LogP contribution in [0.5, 0.6) is 0 Å². The smallest absolute Gasteiger partial charge is 0.354 e. The van der Waals surface area contributed by atoms with Crippen LogP contribution in [0.25, 0.3) is 0 Å². The average Bonchev–Trinajstić information content (AvgIpc) is 3.14. The van der Waals surface area contributed by atoms with Crippen LogP contribution < -0.4 is 5.69 Å². The SMILES string of the molecule is CCn1c(C2CCCN(Cc3cn[nH]c3C(=O)O)C2)n[nH]c1=O. The number of aromatic carboxylic acids is 1. The van der Waals surface area contributed by atoms with Crippen molar-refractivity contribution < 1.29 is 9.90 Å². The van der Waals surface area contributed by atoms with Gasteiger partial charge in [0.15, 0.2) is 0 Å². The number of aromatic nitrogens is 5. The Labute approximate surface area is 132 Å². The molecular weight excluding hydrogens is 300 g/mol. The third-order valence-electron chi connectivity index (χ3n) is 4.30. The minimum atomic E-state index is -1.00. The number of carboxylic acid groups (broad SMARTS) is 1. The predicted octanol–water partition coefficient (Wildman–Crippen LogP) is 0.392. The van der Waals surface area contributed by atoms with E-state index in [0.29, 0.717) is 18.7 Å². The minimum Gasteiger partial charge on any atom is -0.477 e. The number of carbonyl (C=O) groups is 1. The molecule has 0 amide bonds. The number of rotatable bonds is 5. The second-order valence-electron chi connectivity index (χ2n) is 5.78. The maximum absolute atomic E-state index is 11.7. The third-order valence-corrected chi connectivity index (χ3v) is 4.30. The summed E-state index contributed by atoms with van der Waals surface area (Å²) in [6.07, 6.45) is 3.51. The number of piperidine rings is 1. The largest absolute Gasteiger partial charge is 0.477 e. The Hall–Kier alpha value is -2.42. The van der Waals surface area contributed by atoms with Crippen LogP contribution in [0.3, 0.4) is 0 Å². The fourth-order valence-electron chi connectivity index (χ4n) is 3.21. The highest BCUT2D eigenvalue weighted by Gasteiger charge is 2.27. The molecule has 1 fully saturated rings. The highest BCUT2D eigenvalue weighted by molar-refractivity contribution is 5.86. The van der Waals surface area contributed by atoms with Crippen molar-refractivity contribution in [2.45, 2.75) is 38.8 Å². The molecule has 3 heterocycles. The monoisotopic (exact) mass is 320 g/mol. The molecule has 1 aliphatic rings. The van der Waals surface area contributed by atoms with Gasteiger partial charge in [0.1, 0.15) is 11.5 Å². The van der Waals surface area contributed by atoms with Crippen molar-refractivity contribution in [1.29, 1.82) is 0 Å². The highest BCUT2D eigenvalue weighted by atomic mass is 16.4. The summed E-state index contributed by atoms with van der Waals surface area (Å²) in [7, 11) is 0. The molecule has 1 atom stereocenters. The third kappa shape index (κ3) is 3.04. The van der Waals surface area contributed by atoms with E-state index >= 15 is 0 Å². The first kappa shape index (κ1) is 15.5. The van der Waals surface area contributed by atoms with E-state index < -0.39 is 5.97 Å². The van der Waals surface area contributed by atoms with Gasteiger partial charge in [-0.25, -0.2) is 14.7 Å². The zero-order chi connectivity index (χ0) is 16.4. The summed E-state index contributed by atoms with van der Waals surface area (Å²) in [5, 5.41) is 22.2. The fourth-order valence-corrected chi connectivity index (χ4v) is 3.21. The Bertz CT molecular complexity index is 746. The van der Waals surface area contributed by atoms with Gasteiger partial charge in [-0.3, -0.25) is 14.6 Å². The second-order valence-corrected chi connectivity index (χ2v) is 5.78. The Balaban J connectivity index is 1.74. The molecule has 0 saturated carbocycles. The predicted molar refractivity (Wildman–Crippen MR) is 81.3 cm³/mol. The topological polar surface area (TPSA) is 120 Å². The molecule has 124 valence electrons. The summed E-state index contributed by atoms with van der Waals surface area (Å²) in [6, 6.07) is 0. The number of aromatic amines is 2. The van der Waals surface area contributed by atoms with Crippen LogP contribution in [0.15, 0.2) is 11.0 Å². The van der Waals surface area contributed by atoms with E-state index in [2.05, 4.69) is 25.3 Å². The maximum Gasteiger partial charge on any atom is 0.354 e. The van der Waals surface area contributed by atoms with Crippen LogP contribution in [0, 0.1) is 0 Å². The molecule has 2 aromatic rings. The molecule has 0 aromatic carbocycles. The quantitative estimate of drug-likeness (QED) is 0.733. The van der Waals surface area contributed by atoms with E-state index in [1.54, 1.807) is 10.8 Å². The van der Waals surface area contributed by atoms with Gasteiger partial charge in [-0.1, -0.05) is 0 Å². The first-order chi connectivity index (χ1) is 11.1. The Morgan fingerprint density at radius 1 is 1.48 bits per heavy atom. The van der Waals surface area contributed by atoms with Crippen LogP contribution in [0.1, 0.15) is 47.6 Å². The lowest BCUT2D eigenvalue weighted by Crippen LogP contribution is -2.35. The van der Waals surface area contributed by atoms with Crippen LogP contribution in [0.2, 0.25) is 0 Å². The molecule has 9 heteroatoms. The number of nitrogens with zero attached hydrogens (tertiary/aromatic N) is 4. The summed E-state index contributed by atoms with van der Waals surface area (Å²) in [5.41, 5.74) is 0.632. The highest BCUT2D eigenvalue weighted by Crippen LogP contribution is 2.26. The number of hydrogen-bond donors (Lipinski definition) is 3. The summed E-state index contributed by atoms with van der Waals surface area (Å²) < 4.78 is 1.66. The van der Waals surface area contributed by atoms with Crippen molar-refractivity contribution in [1.82, 2.24) is 29.9 Å². The van der Waals surface area contributed by atoms with E-state index in [1.165, 1.54) is 0 Å². The van der Waals surface area contributed by atoms with Crippen molar-refractivity contribution in [2.75, 3.05) is 13.1 Å². The molecule has 9 nitrogen and oxygen atoms in total. The molecule has 1 aliphatic heterocycles. The molecule has 0 aliphatic carbocycles. The van der Waals surface area contributed by atoms with Gasteiger partial charge in [0.05, 0.1) is 6.20 Å². The van der Waals surface area contributed by atoms with Gasteiger partial charge in [-0.2, -0.15) is 10.2 Å². The maximum atomic E-state index is 11.7. The lowest BCUT2D eigenvalue weighted by Gasteiger charge is -2.32. The fraction of sp³-hybridized carbons (Fsp3) is 0.571. The Kier molecular flexibility index (Phi) is 4.28.